The minimum Gasteiger partial charge on any atom is -0.454 e. The Labute approximate surface area is 193 Å². The van der Waals surface area contributed by atoms with Crippen molar-refractivity contribution in [2.24, 2.45) is 5.92 Å². The molecule has 33 heavy (non-hydrogen) atoms. The van der Waals surface area contributed by atoms with Crippen LogP contribution in [0.25, 0.3) is 0 Å². The first-order chi connectivity index (χ1) is 16.0. The average Bonchev–Trinajstić information content (AvgIpc) is 3.30. The SMILES string of the molecule is CC(C)CCNC(=O)c1ccc(Cn2nc(N3CCN(c4ccccc4)CC3)ccc2=O)o1. The highest BCUT2D eigenvalue weighted by Gasteiger charge is 2.19. The molecule has 1 aliphatic heterocycles. The topological polar surface area (TPSA) is 83.6 Å². The molecule has 3 aromatic rings. The van der Waals surface area contributed by atoms with Gasteiger partial charge >= 0.3 is 0 Å². The van der Waals surface area contributed by atoms with E-state index in [1.165, 1.54) is 16.4 Å². The largest absolute Gasteiger partial charge is 0.454 e. The predicted octanol–water partition coefficient (Wildman–Crippen LogP) is 2.99. The number of nitrogens with zero attached hydrogens (tertiary/aromatic N) is 4. The van der Waals surface area contributed by atoms with Crippen LogP contribution in [0.15, 0.2) is 63.8 Å². The fourth-order valence-corrected chi connectivity index (χ4v) is 3.85. The van der Waals surface area contributed by atoms with Crippen LogP contribution >= 0.6 is 0 Å². The van der Waals surface area contributed by atoms with Crippen molar-refractivity contribution in [2.75, 3.05) is 42.5 Å². The summed E-state index contributed by atoms with van der Waals surface area (Å²) in [5, 5.41) is 7.42. The molecule has 0 bridgehead atoms. The molecule has 1 saturated heterocycles. The molecule has 3 heterocycles. The van der Waals surface area contributed by atoms with Crippen molar-refractivity contribution in [1.82, 2.24) is 15.1 Å². The van der Waals surface area contributed by atoms with Gasteiger partial charge in [-0.3, -0.25) is 9.59 Å². The fourth-order valence-electron chi connectivity index (χ4n) is 3.85. The number of carbonyl (C=O) groups excluding carboxylic acids is 1. The number of hydrogen-bond donors (Lipinski definition) is 1. The van der Waals surface area contributed by atoms with Gasteiger partial charge in [-0.2, -0.15) is 5.10 Å². The normalized spacial score (nSPS) is 14.0. The summed E-state index contributed by atoms with van der Waals surface area (Å²) in [4.78, 5) is 29.2. The number of anilines is 2. The Morgan fingerprint density at radius 1 is 1.00 bits per heavy atom. The van der Waals surface area contributed by atoms with Gasteiger partial charge in [0.2, 0.25) is 0 Å². The Kier molecular flexibility index (Phi) is 7.12. The van der Waals surface area contributed by atoms with Crippen molar-refractivity contribution >= 4 is 17.4 Å². The summed E-state index contributed by atoms with van der Waals surface area (Å²) in [5.74, 6) is 1.80. The Morgan fingerprint density at radius 3 is 2.45 bits per heavy atom. The molecule has 0 radical (unpaired) electrons. The van der Waals surface area contributed by atoms with Crippen molar-refractivity contribution in [3.63, 3.8) is 0 Å². The zero-order valence-electron chi connectivity index (χ0n) is 19.2. The second-order valence-corrected chi connectivity index (χ2v) is 8.70. The maximum atomic E-state index is 12.4. The molecule has 1 aliphatic rings. The first-order valence-corrected chi connectivity index (χ1v) is 11.5. The van der Waals surface area contributed by atoms with Gasteiger partial charge in [0.1, 0.15) is 18.1 Å². The molecule has 0 unspecified atom stereocenters. The van der Waals surface area contributed by atoms with E-state index in [2.05, 4.69) is 58.3 Å². The van der Waals surface area contributed by atoms with Crippen molar-refractivity contribution in [1.29, 1.82) is 0 Å². The van der Waals surface area contributed by atoms with Gasteiger partial charge in [-0.25, -0.2) is 4.68 Å². The standard InChI is InChI=1S/C25H31N5O3/c1-19(2)12-13-26-25(32)22-9-8-21(33-22)18-30-24(31)11-10-23(27-30)29-16-14-28(15-17-29)20-6-4-3-5-7-20/h3-11,19H,12-18H2,1-2H3,(H,26,32). The second kappa shape index (κ2) is 10.4. The highest BCUT2D eigenvalue weighted by atomic mass is 16.4. The van der Waals surface area contributed by atoms with Gasteiger partial charge in [0, 0.05) is 44.5 Å². The minimum atomic E-state index is -0.243. The first kappa shape index (κ1) is 22.6. The molecule has 2 aromatic heterocycles. The highest BCUT2D eigenvalue weighted by Crippen LogP contribution is 2.18. The van der Waals surface area contributed by atoms with E-state index in [0.717, 1.165) is 38.4 Å². The smallest absolute Gasteiger partial charge is 0.286 e. The Balaban J connectivity index is 1.38. The number of aromatic nitrogens is 2. The third-order valence-corrected chi connectivity index (χ3v) is 5.78. The molecule has 1 amide bonds. The number of rotatable bonds is 8. The van der Waals surface area contributed by atoms with Gasteiger partial charge in [-0.1, -0.05) is 32.0 Å². The van der Waals surface area contributed by atoms with E-state index in [9.17, 15) is 9.59 Å². The molecule has 4 rings (SSSR count). The third kappa shape index (κ3) is 5.83. The lowest BCUT2D eigenvalue weighted by Gasteiger charge is -2.36. The van der Waals surface area contributed by atoms with E-state index in [-0.39, 0.29) is 23.8 Å². The average molecular weight is 450 g/mol. The predicted molar refractivity (Wildman–Crippen MR) is 129 cm³/mol. The summed E-state index contributed by atoms with van der Waals surface area (Å²) >= 11 is 0. The molecule has 8 heteroatoms. The summed E-state index contributed by atoms with van der Waals surface area (Å²) < 4.78 is 7.07. The van der Waals surface area contributed by atoms with Crippen LogP contribution in [-0.4, -0.2) is 48.4 Å². The fraction of sp³-hybridized carbons (Fsp3) is 0.400. The molecular formula is C25H31N5O3. The zero-order chi connectivity index (χ0) is 23.2. The number of hydrogen-bond acceptors (Lipinski definition) is 6. The molecule has 1 fully saturated rings. The molecular weight excluding hydrogens is 418 g/mol. The molecule has 0 saturated carbocycles. The van der Waals surface area contributed by atoms with E-state index >= 15 is 0 Å². The Bertz CT molecular complexity index is 1110. The van der Waals surface area contributed by atoms with E-state index in [4.69, 9.17) is 4.42 Å². The van der Waals surface area contributed by atoms with Crippen molar-refractivity contribution in [3.05, 3.63) is 76.5 Å². The molecule has 0 spiro atoms. The third-order valence-electron chi connectivity index (χ3n) is 5.78. The monoisotopic (exact) mass is 449 g/mol. The summed E-state index contributed by atoms with van der Waals surface area (Å²) in [5.41, 5.74) is 1.01. The number of furan rings is 1. The highest BCUT2D eigenvalue weighted by molar-refractivity contribution is 5.91. The van der Waals surface area contributed by atoms with Crippen molar-refractivity contribution < 1.29 is 9.21 Å². The van der Waals surface area contributed by atoms with Crippen LogP contribution in [0.5, 0.6) is 0 Å². The van der Waals surface area contributed by atoms with Crippen LogP contribution in [0.3, 0.4) is 0 Å². The maximum absolute atomic E-state index is 12.4. The summed E-state index contributed by atoms with van der Waals surface area (Å²) in [7, 11) is 0. The van der Waals surface area contributed by atoms with Gasteiger partial charge in [0.25, 0.3) is 11.5 Å². The Morgan fingerprint density at radius 2 is 1.73 bits per heavy atom. The number of benzene rings is 1. The lowest BCUT2D eigenvalue weighted by molar-refractivity contribution is 0.0922. The van der Waals surface area contributed by atoms with Crippen LogP contribution in [0.2, 0.25) is 0 Å². The molecule has 0 atom stereocenters. The van der Waals surface area contributed by atoms with Crippen LogP contribution in [0.1, 0.15) is 36.6 Å². The van der Waals surface area contributed by atoms with Crippen LogP contribution in [0, 0.1) is 5.92 Å². The lowest BCUT2D eigenvalue weighted by Crippen LogP contribution is -2.47. The van der Waals surface area contributed by atoms with E-state index in [1.807, 2.05) is 6.07 Å². The minimum absolute atomic E-state index is 0.177. The van der Waals surface area contributed by atoms with Crippen LogP contribution < -0.4 is 20.7 Å². The lowest BCUT2D eigenvalue weighted by atomic mass is 10.1. The van der Waals surface area contributed by atoms with E-state index in [0.29, 0.717) is 18.2 Å². The van der Waals surface area contributed by atoms with Gasteiger partial charge in [-0.05, 0) is 42.7 Å². The van der Waals surface area contributed by atoms with Gasteiger partial charge in [0.15, 0.2) is 5.76 Å². The number of carbonyl (C=O) groups is 1. The summed E-state index contributed by atoms with van der Waals surface area (Å²) in [6, 6.07) is 17.0. The quantitative estimate of drug-likeness (QED) is 0.569. The molecule has 1 N–H and O–H groups in total. The number of amides is 1. The van der Waals surface area contributed by atoms with Crippen LogP contribution in [0.4, 0.5) is 11.5 Å². The van der Waals surface area contributed by atoms with Gasteiger partial charge in [0.05, 0.1) is 0 Å². The number of nitrogens with one attached hydrogen (secondary N) is 1. The zero-order valence-corrected chi connectivity index (χ0v) is 19.2. The molecule has 1 aromatic carbocycles. The van der Waals surface area contributed by atoms with Crippen molar-refractivity contribution in [3.8, 4) is 0 Å². The maximum Gasteiger partial charge on any atom is 0.286 e. The van der Waals surface area contributed by atoms with Gasteiger partial charge < -0.3 is 19.5 Å². The summed E-state index contributed by atoms with van der Waals surface area (Å²) in [6.45, 7) is 8.42. The molecule has 0 aliphatic carbocycles. The number of para-hydroxylation sites is 1. The Hall–Kier alpha value is -3.55. The second-order valence-electron chi connectivity index (χ2n) is 8.70. The van der Waals surface area contributed by atoms with E-state index in [1.54, 1.807) is 18.2 Å². The van der Waals surface area contributed by atoms with Gasteiger partial charge in [-0.15, -0.1) is 0 Å². The number of piperazine rings is 1. The van der Waals surface area contributed by atoms with E-state index < -0.39 is 0 Å². The molecule has 8 nitrogen and oxygen atoms in total. The van der Waals surface area contributed by atoms with Crippen molar-refractivity contribution in [2.45, 2.75) is 26.8 Å². The first-order valence-electron chi connectivity index (χ1n) is 11.5. The van der Waals surface area contributed by atoms with Crippen LogP contribution in [-0.2, 0) is 6.54 Å². The molecule has 174 valence electrons. The summed E-state index contributed by atoms with van der Waals surface area (Å²) in [6.07, 6.45) is 0.908.